The van der Waals surface area contributed by atoms with Crippen LogP contribution in [0, 0.1) is 0 Å². The zero-order valence-corrected chi connectivity index (χ0v) is 25.8. The number of alkyl halides is 1. The minimum Gasteiger partial charge on any atom is -0.382 e. The number of anilines is 2. The summed E-state index contributed by atoms with van der Waals surface area (Å²) in [6.07, 6.45) is -10.1. The summed E-state index contributed by atoms with van der Waals surface area (Å²) in [7, 11) is -8.93. The summed E-state index contributed by atoms with van der Waals surface area (Å²) >= 11 is 0.777. The summed E-state index contributed by atoms with van der Waals surface area (Å²) in [5, 5.41) is 0. The lowest BCUT2D eigenvalue weighted by atomic mass is 10.1. The lowest BCUT2D eigenvalue weighted by molar-refractivity contribution is -0.0547. The van der Waals surface area contributed by atoms with Crippen molar-refractivity contribution in [2.24, 2.45) is 0 Å². The molecule has 0 saturated carbocycles. The lowest BCUT2D eigenvalue weighted by Gasteiger charge is -2.25. The lowest BCUT2D eigenvalue weighted by Crippen LogP contribution is -2.36. The van der Waals surface area contributed by atoms with Gasteiger partial charge < -0.3 is 35.5 Å². The van der Waals surface area contributed by atoms with Crippen LogP contribution in [0.2, 0.25) is 0 Å². The standard InChI is InChI=1S/C21H24FN9O12P2S/c1-37-13-7-3-39-44(33,34)42-12-6(41-20(8(12)22)31-5-27-11-17(23)25-4-26-18(11)31)2-38-45(35,36)43-14(13)15(40-7)16-9-10(30-46-16)19(32)29-21(24)28-9/h4-8,12-15,20H,2-3H2,1H3,(H,33,34)(H,35,36)(H2,23,25,26)(H3,24,28,29,32)/t6-,7-,8-,12-,13-,14-,15-,20-/m1/s1. The van der Waals surface area contributed by atoms with Crippen molar-refractivity contribution in [3.05, 3.63) is 27.9 Å². The summed E-state index contributed by atoms with van der Waals surface area (Å²) in [5.41, 5.74) is 11.0. The van der Waals surface area contributed by atoms with Crippen LogP contribution in [0.4, 0.5) is 16.2 Å². The number of phosphoric ester groups is 2. The topological polar surface area (TPSA) is 293 Å². The van der Waals surface area contributed by atoms with Gasteiger partial charge in [-0.25, -0.2) is 33.5 Å². The maximum atomic E-state index is 16.0. The smallest absolute Gasteiger partial charge is 0.382 e. The molecule has 0 aliphatic carbocycles. The number of hydrogen-bond acceptors (Lipinski definition) is 18. The van der Waals surface area contributed by atoms with Gasteiger partial charge in [-0.05, 0) is 11.5 Å². The second-order valence-corrected chi connectivity index (χ2v) is 13.9. The van der Waals surface area contributed by atoms with Crippen LogP contribution in [0.15, 0.2) is 17.4 Å². The highest BCUT2D eigenvalue weighted by atomic mass is 32.1. The highest BCUT2D eigenvalue weighted by Gasteiger charge is 2.55. The molecule has 3 aliphatic heterocycles. The van der Waals surface area contributed by atoms with Gasteiger partial charge in [-0.1, -0.05) is 0 Å². The summed E-state index contributed by atoms with van der Waals surface area (Å²) in [6, 6.07) is 0. The van der Waals surface area contributed by atoms with Crippen molar-refractivity contribution in [1.82, 2.24) is 33.9 Å². The predicted molar refractivity (Wildman–Crippen MR) is 151 cm³/mol. The minimum absolute atomic E-state index is 0.00724. The Morgan fingerprint density at radius 3 is 2.50 bits per heavy atom. The number of nitrogens with zero attached hydrogens (tertiary/aromatic N) is 6. The van der Waals surface area contributed by atoms with Crippen molar-refractivity contribution in [2.75, 3.05) is 31.8 Å². The Morgan fingerprint density at radius 2 is 1.76 bits per heavy atom. The monoisotopic (exact) mass is 707 g/mol. The summed E-state index contributed by atoms with van der Waals surface area (Å²) in [5.74, 6) is -0.225. The van der Waals surface area contributed by atoms with Crippen LogP contribution in [0.5, 0.6) is 0 Å². The molecule has 3 aliphatic rings. The molecular formula is C21H24FN9O12P2S. The van der Waals surface area contributed by atoms with Crippen molar-refractivity contribution < 1.29 is 55.6 Å². The van der Waals surface area contributed by atoms with Crippen molar-refractivity contribution in [3.8, 4) is 0 Å². The van der Waals surface area contributed by atoms with E-state index in [1.165, 1.54) is 13.4 Å². The van der Waals surface area contributed by atoms with Gasteiger partial charge in [0, 0.05) is 7.11 Å². The number of fused-ring (bicyclic) bond motifs is 5. The van der Waals surface area contributed by atoms with E-state index in [9.17, 15) is 23.7 Å². The normalized spacial score (nSPS) is 37.1. The van der Waals surface area contributed by atoms with Crippen LogP contribution in [0.1, 0.15) is 17.2 Å². The molecule has 25 heteroatoms. The van der Waals surface area contributed by atoms with Gasteiger partial charge in [0.25, 0.3) is 5.56 Å². The molecule has 0 aromatic carbocycles. The zero-order chi connectivity index (χ0) is 32.5. The summed E-state index contributed by atoms with van der Waals surface area (Å²) in [6.45, 7) is -1.57. The number of nitrogens with two attached hydrogens (primary N) is 2. The van der Waals surface area contributed by atoms with E-state index < -0.39 is 83.4 Å². The van der Waals surface area contributed by atoms with E-state index in [1.54, 1.807) is 0 Å². The van der Waals surface area contributed by atoms with E-state index in [0.29, 0.717) is 0 Å². The van der Waals surface area contributed by atoms with E-state index in [-0.39, 0.29) is 38.8 Å². The highest BCUT2D eigenvalue weighted by molar-refractivity contribution is 7.47. The van der Waals surface area contributed by atoms with Crippen molar-refractivity contribution in [3.63, 3.8) is 0 Å². The number of nitrogen functional groups attached to an aromatic ring is 2. The molecule has 4 aromatic rings. The van der Waals surface area contributed by atoms with Crippen molar-refractivity contribution in [1.29, 1.82) is 0 Å². The molecule has 248 valence electrons. The third kappa shape index (κ3) is 5.51. The molecule has 7 N–H and O–H groups in total. The number of H-pyrrole nitrogens is 1. The number of ether oxygens (including phenoxy) is 3. The first-order valence-corrected chi connectivity index (χ1v) is 17.0. The number of nitrogens with one attached hydrogen (secondary N) is 1. The molecule has 3 fully saturated rings. The van der Waals surface area contributed by atoms with E-state index in [0.717, 1.165) is 22.4 Å². The second kappa shape index (κ2) is 11.6. The van der Waals surface area contributed by atoms with Gasteiger partial charge in [0.2, 0.25) is 5.95 Å². The summed E-state index contributed by atoms with van der Waals surface area (Å²) < 4.78 is 86.1. The molecule has 10 atom stereocenters. The number of imidazole rings is 1. The molecule has 2 unspecified atom stereocenters. The van der Waals surface area contributed by atoms with Crippen LogP contribution in [0.3, 0.4) is 0 Å². The quantitative estimate of drug-likeness (QED) is 0.176. The molecule has 0 spiro atoms. The first-order chi connectivity index (χ1) is 21.9. The average molecular weight is 707 g/mol. The van der Waals surface area contributed by atoms with Gasteiger partial charge in [-0.15, -0.1) is 0 Å². The molecule has 0 radical (unpaired) electrons. The minimum atomic E-state index is -5.09. The van der Waals surface area contributed by atoms with Crippen LogP contribution in [-0.2, 0) is 41.4 Å². The van der Waals surface area contributed by atoms with Gasteiger partial charge in [-0.3, -0.25) is 32.4 Å². The van der Waals surface area contributed by atoms with Crippen LogP contribution in [0.25, 0.3) is 22.2 Å². The Bertz CT molecular complexity index is 1960. The number of phosphoric acid groups is 2. The summed E-state index contributed by atoms with van der Waals surface area (Å²) in [4.78, 5) is 52.4. The SMILES string of the molecule is CO[C@H]1[C@H]2OP(=O)(O)OC[C@H]3O[C@@H](n4cnc5c(N)ncnc54)[C@H](F)[C@@H]3OP(=O)(O)OC[C@H]1O[C@H]2c1snc2c(=O)[nH]c(N)nc12. The number of methoxy groups -OCH3 is 1. The first-order valence-electron chi connectivity index (χ1n) is 13.2. The fraction of sp³-hybridized carbons (Fsp3) is 0.524. The molecule has 4 aromatic heterocycles. The largest absolute Gasteiger partial charge is 0.472 e. The van der Waals surface area contributed by atoms with Crippen molar-refractivity contribution in [2.45, 2.75) is 49.0 Å². The van der Waals surface area contributed by atoms with E-state index >= 15 is 4.39 Å². The van der Waals surface area contributed by atoms with E-state index in [4.69, 9.17) is 43.8 Å². The maximum absolute atomic E-state index is 16.0. The van der Waals surface area contributed by atoms with Gasteiger partial charge in [0.1, 0.15) is 54.0 Å². The Hall–Kier alpha value is -3.05. The average Bonchev–Trinajstić information content (AvgIpc) is 3.75. The molecule has 3 saturated heterocycles. The van der Waals surface area contributed by atoms with Crippen LogP contribution < -0.4 is 17.0 Å². The van der Waals surface area contributed by atoms with E-state index in [2.05, 4.69) is 29.3 Å². The Kier molecular flexibility index (Phi) is 7.94. The third-order valence-electron chi connectivity index (χ3n) is 7.46. The number of aromatic nitrogens is 7. The number of hydrogen-bond donors (Lipinski definition) is 5. The predicted octanol–water partition coefficient (Wildman–Crippen LogP) is 0.0923. The fourth-order valence-corrected chi connectivity index (χ4v) is 8.25. The Labute approximate surface area is 259 Å². The highest BCUT2D eigenvalue weighted by Crippen LogP contribution is 2.55. The van der Waals surface area contributed by atoms with Gasteiger partial charge in [-0.2, -0.15) is 4.37 Å². The molecule has 46 heavy (non-hydrogen) atoms. The Morgan fingerprint density at radius 1 is 1.04 bits per heavy atom. The van der Waals surface area contributed by atoms with Crippen LogP contribution >= 0.6 is 27.2 Å². The van der Waals surface area contributed by atoms with E-state index in [1.807, 2.05) is 0 Å². The van der Waals surface area contributed by atoms with Crippen LogP contribution in [-0.4, -0.2) is 101 Å². The Balaban J connectivity index is 1.22. The van der Waals surface area contributed by atoms with Gasteiger partial charge >= 0.3 is 15.6 Å². The zero-order valence-electron chi connectivity index (χ0n) is 23.2. The molecule has 2 bridgehead atoms. The van der Waals surface area contributed by atoms with Crippen molar-refractivity contribution >= 4 is 61.1 Å². The molecule has 7 heterocycles. The first kappa shape index (κ1) is 31.5. The second-order valence-electron chi connectivity index (χ2n) is 10.3. The number of halogens is 1. The molecule has 21 nitrogen and oxygen atoms in total. The molecule has 0 amide bonds. The molecule has 7 rings (SSSR count). The van der Waals surface area contributed by atoms with Gasteiger partial charge in [0.05, 0.1) is 24.4 Å². The molecular weight excluding hydrogens is 683 g/mol. The van der Waals surface area contributed by atoms with Gasteiger partial charge in [0.15, 0.2) is 29.4 Å². The fourth-order valence-electron chi connectivity index (χ4n) is 5.48. The maximum Gasteiger partial charge on any atom is 0.472 e. The number of rotatable bonds is 3. The number of aromatic amines is 1. The third-order valence-corrected chi connectivity index (χ3v) is 10.3.